The molecule has 19 heavy (non-hydrogen) atoms. The highest BCUT2D eigenvalue weighted by molar-refractivity contribution is 5.00. The van der Waals surface area contributed by atoms with Gasteiger partial charge >= 0.3 is 0 Å². The van der Waals surface area contributed by atoms with Gasteiger partial charge in [0.15, 0.2) is 0 Å². The Morgan fingerprint density at radius 3 is 2.74 bits per heavy atom. The molecule has 0 aliphatic rings. The van der Waals surface area contributed by atoms with Crippen LogP contribution in [0.1, 0.15) is 32.2 Å². The second kappa shape index (κ2) is 5.52. The topological polar surface area (TPSA) is 60.6 Å². The maximum absolute atomic E-state index is 4.17. The molecule has 0 unspecified atom stereocenters. The molecule has 0 radical (unpaired) electrons. The van der Waals surface area contributed by atoms with Crippen LogP contribution in [0.25, 0.3) is 0 Å². The largest absolute Gasteiger partial charge is 0.306 e. The van der Waals surface area contributed by atoms with Gasteiger partial charge in [-0.05, 0) is 26.8 Å². The van der Waals surface area contributed by atoms with Gasteiger partial charge in [-0.15, -0.1) is 5.10 Å². The molecule has 2 rings (SSSR count). The van der Waals surface area contributed by atoms with Gasteiger partial charge < -0.3 is 5.32 Å². The van der Waals surface area contributed by atoms with Crippen molar-refractivity contribution < 1.29 is 0 Å². The van der Waals surface area contributed by atoms with Crippen LogP contribution in [0.4, 0.5) is 0 Å². The van der Waals surface area contributed by atoms with Crippen molar-refractivity contribution >= 4 is 0 Å². The fourth-order valence-electron chi connectivity index (χ4n) is 1.76. The van der Waals surface area contributed by atoms with E-state index < -0.39 is 0 Å². The van der Waals surface area contributed by atoms with Crippen LogP contribution in [0.5, 0.6) is 0 Å². The lowest BCUT2D eigenvalue weighted by molar-refractivity contribution is 0.421. The molecule has 6 nitrogen and oxygen atoms in total. The maximum atomic E-state index is 4.17. The van der Waals surface area contributed by atoms with E-state index in [0.29, 0.717) is 0 Å². The van der Waals surface area contributed by atoms with Crippen molar-refractivity contribution in [1.29, 1.82) is 0 Å². The van der Waals surface area contributed by atoms with E-state index in [1.165, 1.54) is 5.69 Å². The summed E-state index contributed by atoms with van der Waals surface area (Å²) in [5.74, 6) is 0. The molecule has 0 amide bonds. The summed E-state index contributed by atoms with van der Waals surface area (Å²) in [5.41, 5.74) is 2.27. The van der Waals surface area contributed by atoms with Crippen LogP contribution >= 0.6 is 0 Å². The van der Waals surface area contributed by atoms with Crippen LogP contribution in [0.15, 0.2) is 18.5 Å². The fourth-order valence-corrected chi connectivity index (χ4v) is 1.76. The molecule has 0 spiro atoms. The van der Waals surface area contributed by atoms with Crippen LogP contribution < -0.4 is 5.32 Å². The number of nitrogens with zero attached hydrogens (tertiary/aromatic N) is 5. The van der Waals surface area contributed by atoms with E-state index in [1.807, 2.05) is 34.9 Å². The molecule has 0 aromatic carbocycles. The zero-order chi connectivity index (χ0) is 13.9. The van der Waals surface area contributed by atoms with Gasteiger partial charge in [0.1, 0.15) is 0 Å². The zero-order valence-corrected chi connectivity index (χ0v) is 12.1. The third-order valence-corrected chi connectivity index (χ3v) is 2.91. The molecular formula is C13H22N6. The summed E-state index contributed by atoms with van der Waals surface area (Å²) in [6.07, 6.45) is 4.72. The van der Waals surface area contributed by atoms with E-state index in [4.69, 9.17) is 0 Å². The highest BCUT2D eigenvalue weighted by atomic mass is 15.4. The SMILES string of the molecule is Cn1nccc1CCn1cc(CNC(C)(C)C)nn1. The van der Waals surface area contributed by atoms with Gasteiger partial charge in [0.05, 0.1) is 5.69 Å². The van der Waals surface area contributed by atoms with E-state index in [-0.39, 0.29) is 5.54 Å². The molecule has 0 fully saturated rings. The Balaban J connectivity index is 1.86. The van der Waals surface area contributed by atoms with Crippen molar-refractivity contribution in [3.63, 3.8) is 0 Å². The number of hydrogen-bond donors (Lipinski definition) is 1. The molecule has 0 bridgehead atoms. The average molecular weight is 262 g/mol. The van der Waals surface area contributed by atoms with Crippen molar-refractivity contribution in [3.05, 3.63) is 29.8 Å². The quantitative estimate of drug-likeness (QED) is 0.878. The van der Waals surface area contributed by atoms with E-state index in [0.717, 1.165) is 25.2 Å². The molecular weight excluding hydrogens is 240 g/mol. The summed E-state index contributed by atoms with van der Waals surface area (Å²) in [5, 5.41) is 15.9. The van der Waals surface area contributed by atoms with Gasteiger partial charge in [-0.25, -0.2) is 0 Å². The molecule has 2 aromatic heterocycles. The first-order valence-electron chi connectivity index (χ1n) is 6.55. The summed E-state index contributed by atoms with van der Waals surface area (Å²) in [6.45, 7) is 7.98. The zero-order valence-electron chi connectivity index (χ0n) is 12.1. The van der Waals surface area contributed by atoms with Gasteiger partial charge in [-0.1, -0.05) is 5.21 Å². The molecule has 1 N–H and O–H groups in total. The minimum Gasteiger partial charge on any atom is -0.306 e. The minimum absolute atomic E-state index is 0.0957. The highest BCUT2D eigenvalue weighted by Crippen LogP contribution is 2.03. The lowest BCUT2D eigenvalue weighted by Crippen LogP contribution is -2.35. The van der Waals surface area contributed by atoms with Gasteiger partial charge in [0.2, 0.25) is 0 Å². The number of aromatic nitrogens is 5. The van der Waals surface area contributed by atoms with Crippen LogP contribution in [0, 0.1) is 0 Å². The first-order chi connectivity index (χ1) is 8.94. The van der Waals surface area contributed by atoms with Crippen molar-refractivity contribution in [1.82, 2.24) is 30.1 Å². The Bertz CT molecular complexity index is 519. The first-order valence-corrected chi connectivity index (χ1v) is 6.55. The van der Waals surface area contributed by atoms with Gasteiger partial charge in [0, 0.05) is 50.2 Å². The molecule has 104 valence electrons. The van der Waals surface area contributed by atoms with E-state index in [1.54, 1.807) is 0 Å². The maximum Gasteiger partial charge on any atom is 0.0965 e. The summed E-state index contributed by atoms with van der Waals surface area (Å²) >= 11 is 0. The Morgan fingerprint density at radius 1 is 1.32 bits per heavy atom. The predicted octanol–water partition coefficient (Wildman–Crippen LogP) is 1.14. The van der Waals surface area contributed by atoms with Crippen molar-refractivity contribution in [3.8, 4) is 0 Å². The monoisotopic (exact) mass is 262 g/mol. The molecule has 6 heteroatoms. The summed E-state index contributed by atoms with van der Waals surface area (Å²) in [7, 11) is 1.95. The van der Waals surface area contributed by atoms with E-state index in [2.05, 4.69) is 41.5 Å². The Morgan fingerprint density at radius 2 is 2.11 bits per heavy atom. The lowest BCUT2D eigenvalue weighted by atomic mass is 10.1. The van der Waals surface area contributed by atoms with Crippen molar-refractivity contribution in [2.75, 3.05) is 0 Å². The normalized spacial score (nSPS) is 12.0. The molecule has 0 saturated heterocycles. The van der Waals surface area contributed by atoms with Gasteiger partial charge in [-0.2, -0.15) is 5.10 Å². The van der Waals surface area contributed by atoms with E-state index in [9.17, 15) is 0 Å². The molecule has 0 saturated carbocycles. The van der Waals surface area contributed by atoms with Crippen LogP contribution in [0.2, 0.25) is 0 Å². The molecule has 0 aliphatic heterocycles. The summed E-state index contributed by atoms with van der Waals surface area (Å²) in [4.78, 5) is 0. The first kappa shape index (κ1) is 13.7. The van der Waals surface area contributed by atoms with Crippen molar-refractivity contribution in [2.45, 2.75) is 45.8 Å². The Kier molecular flexibility index (Phi) is 3.99. The lowest BCUT2D eigenvalue weighted by Gasteiger charge is -2.19. The van der Waals surface area contributed by atoms with Crippen LogP contribution in [0.3, 0.4) is 0 Å². The third kappa shape index (κ3) is 4.17. The minimum atomic E-state index is 0.0957. The number of nitrogens with one attached hydrogen (secondary N) is 1. The van der Waals surface area contributed by atoms with E-state index >= 15 is 0 Å². The van der Waals surface area contributed by atoms with Gasteiger partial charge in [-0.3, -0.25) is 9.36 Å². The Hall–Kier alpha value is -1.69. The second-order valence-electron chi connectivity index (χ2n) is 5.77. The number of rotatable bonds is 5. The summed E-state index contributed by atoms with van der Waals surface area (Å²) < 4.78 is 3.77. The molecule has 0 aliphatic carbocycles. The number of hydrogen-bond acceptors (Lipinski definition) is 4. The van der Waals surface area contributed by atoms with Gasteiger partial charge in [0.25, 0.3) is 0 Å². The molecule has 0 atom stereocenters. The van der Waals surface area contributed by atoms with Crippen molar-refractivity contribution in [2.24, 2.45) is 7.05 Å². The fraction of sp³-hybridized carbons (Fsp3) is 0.615. The number of aryl methyl sites for hydroxylation is 3. The smallest absolute Gasteiger partial charge is 0.0965 e. The standard InChI is InChI=1S/C13H22N6/c1-13(2,3)14-9-11-10-19(17-16-11)8-6-12-5-7-15-18(12)4/h5,7,10,14H,6,8-9H2,1-4H3. The summed E-state index contributed by atoms with van der Waals surface area (Å²) in [6, 6.07) is 2.03. The molecule has 2 aromatic rings. The van der Waals surface area contributed by atoms with Crippen LogP contribution in [-0.2, 0) is 26.6 Å². The third-order valence-electron chi connectivity index (χ3n) is 2.91. The Labute approximate surface area is 113 Å². The average Bonchev–Trinajstić information content (AvgIpc) is 2.92. The molecule has 2 heterocycles. The second-order valence-corrected chi connectivity index (χ2v) is 5.77. The van der Waals surface area contributed by atoms with Crippen LogP contribution in [-0.4, -0.2) is 30.3 Å². The highest BCUT2D eigenvalue weighted by Gasteiger charge is 2.10. The predicted molar refractivity (Wildman–Crippen MR) is 73.5 cm³/mol.